The van der Waals surface area contributed by atoms with Crippen LogP contribution < -0.4 is 5.32 Å². The predicted molar refractivity (Wildman–Crippen MR) is 74.2 cm³/mol. The van der Waals surface area contributed by atoms with Gasteiger partial charge in [0.2, 0.25) is 0 Å². The van der Waals surface area contributed by atoms with Crippen LogP contribution in [0.25, 0.3) is 0 Å². The lowest BCUT2D eigenvalue weighted by Gasteiger charge is -2.23. The number of aryl methyl sites for hydroxylation is 1. The molecule has 1 fully saturated rings. The second-order valence-electron chi connectivity index (χ2n) is 4.95. The maximum atomic E-state index is 5.76. The van der Waals surface area contributed by atoms with E-state index in [4.69, 9.17) is 9.47 Å². The third-order valence-corrected chi connectivity index (χ3v) is 3.36. The lowest BCUT2D eigenvalue weighted by Crippen LogP contribution is -2.33. The van der Waals surface area contributed by atoms with E-state index in [0.717, 1.165) is 37.4 Å². The fraction of sp³-hybridized carbons (Fsp3) is 0.714. The zero-order chi connectivity index (χ0) is 13.7. The Hall–Kier alpha value is -1.20. The average molecular weight is 265 g/mol. The van der Waals surface area contributed by atoms with Crippen molar-refractivity contribution < 1.29 is 9.47 Å². The van der Waals surface area contributed by atoms with E-state index in [2.05, 4.69) is 22.2 Å². The number of hydrogen-bond donors (Lipinski definition) is 1. The number of hydrogen-bond acceptors (Lipinski definition) is 5. The van der Waals surface area contributed by atoms with E-state index in [-0.39, 0.29) is 0 Å². The molecule has 2 rings (SSSR count). The summed E-state index contributed by atoms with van der Waals surface area (Å²) >= 11 is 0. The van der Waals surface area contributed by atoms with E-state index >= 15 is 0 Å². The molecule has 2 atom stereocenters. The van der Waals surface area contributed by atoms with Gasteiger partial charge in [-0.3, -0.25) is 0 Å². The molecular weight excluding hydrogens is 242 g/mol. The molecule has 0 bridgehead atoms. The molecule has 0 radical (unpaired) electrons. The highest BCUT2D eigenvalue weighted by Crippen LogP contribution is 2.20. The number of methoxy groups -OCH3 is 1. The molecule has 1 aliphatic heterocycles. The number of ether oxygens (including phenoxy) is 2. The van der Waals surface area contributed by atoms with Crippen molar-refractivity contribution in [2.24, 2.45) is 0 Å². The summed E-state index contributed by atoms with van der Waals surface area (Å²) in [6, 6.07) is 2.28. The molecule has 2 heterocycles. The molecule has 5 nitrogen and oxygen atoms in total. The van der Waals surface area contributed by atoms with Crippen LogP contribution in [-0.2, 0) is 16.1 Å². The maximum absolute atomic E-state index is 5.76. The number of rotatable bonds is 6. The van der Waals surface area contributed by atoms with E-state index in [1.54, 1.807) is 7.11 Å². The molecule has 0 spiro atoms. The molecule has 2 unspecified atom stereocenters. The van der Waals surface area contributed by atoms with Crippen molar-refractivity contribution in [2.45, 2.75) is 51.9 Å². The molecule has 106 valence electrons. The minimum atomic E-state index is 0.297. The van der Waals surface area contributed by atoms with Crippen LogP contribution >= 0.6 is 0 Å². The highest BCUT2D eigenvalue weighted by Gasteiger charge is 2.24. The summed E-state index contributed by atoms with van der Waals surface area (Å²) in [5, 5.41) is 3.48. The molecule has 1 saturated heterocycles. The van der Waals surface area contributed by atoms with Gasteiger partial charge in [0.1, 0.15) is 12.4 Å². The van der Waals surface area contributed by atoms with E-state index in [0.29, 0.717) is 24.6 Å². The lowest BCUT2D eigenvalue weighted by molar-refractivity contribution is 0.0942. The summed E-state index contributed by atoms with van der Waals surface area (Å²) in [5.41, 5.74) is 0.951. The second kappa shape index (κ2) is 6.82. The highest BCUT2D eigenvalue weighted by molar-refractivity contribution is 5.37. The van der Waals surface area contributed by atoms with E-state index in [1.807, 2.05) is 13.0 Å². The maximum Gasteiger partial charge on any atom is 0.156 e. The zero-order valence-corrected chi connectivity index (χ0v) is 12.0. The third kappa shape index (κ3) is 3.88. The minimum absolute atomic E-state index is 0.297. The van der Waals surface area contributed by atoms with Crippen LogP contribution in [0.4, 0.5) is 5.82 Å². The molecule has 0 aliphatic carbocycles. The van der Waals surface area contributed by atoms with Gasteiger partial charge < -0.3 is 14.8 Å². The third-order valence-electron chi connectivity index (χ3n) is 3.36. The number of nitrogens with one attached hydrogen (secondary N) is 1. The molecular formula is C14H23N3O2. The number of nitrogens with zero attached hydrogens (tertiary/aromatic N) is 2. The number of anilines is 1. The van der Waals surface area contributed by atoms with Crippen LogP contribution in [0.15, 0.2) is 6.07 Å². The summed E-state index contributed by atoms with van der Waals surface area (Å²) in [4.78, 5) is 8.83. The van der Waals surface area contributed by atoms with Crippen molar-refractivity contribution in [3.63, 3.8) is 0 Å². The van der Waals surface area contributed by atoms with E-state index < -0.39 is 0 Å². The Balaban J connectivity index is 2.07. The summed E-state index contributed by atoms with van der Waals surface area (Å²) in [5.74, 6) is 1.58. The van der Waals surface area contributed by atoms with Gasteiger partial charge in [0.25, 0.3) is 0 Å². The van der Waals surface area contributed by atoms with Crippen LogP contribution in [0.2, 0.25) is 0 Å². The molecule has 1 aromatic rings. The van der Waals surface area contributed by atoms with Crippen molar-refractivity contribution >= 4 is 5.82 Å². The van der Waals surface area contributed by atoms with Crippen LogP contribution in [0.5, 0.6) is 0 Å². The Morgan fingerprint density at radius 2 is 2.37 bits per heavy atom. The van der Waals surface area contributed by atoms with Crippen molar-refractivity contribution in [1.29, 1.82) is 0 Å². The number of aromatic nitrogens is 2. The van der Waals surface area contributed by atoms with Crippen LogP contribution in [0.1, 0.15) is 37.7 Å². The quantitative estimate of drug-likeness (QED) is 0.855. The van der Waals surface area contributed by atoms with Crippen molar-refractivity contribution in [2.75, 3.05) is 19.0 Å². The van der Waals surface area contributed by atoms with Gasteiger partial charge in [-0.25, -0.2) is 9.97 Å². The Morgan fingerprint density at radius 1 is 1.53 bits per heavy atom. The SMILES string of the molecule is CCC(Nc1cc(C)nc(COC)n1)C1CCCO1. The Kier molecular flexibility index (Phi) is 5.10. The van der Waals surface area contributed by atoms with Crippen molar-refractivity contribution in [3.05, 3.63) is 17.6 Å². The Bertz CT molecular complexity index is 406. The van der Waals surface area contributed by atoms with Crippen molar-refractivity contribution in [1.82, 2.24) is 9.97 Å². The Labute approximate surface area is 114 Å². The molecule has 5 heteroatoms. The van der Waals surface area contributed by atoms with Crippen LogP contribution in [0, 0.1) is 6.92 Å². The second-order valence-corrected chi connectivity index (χ2v) is 4.95. The molecule has 1 N–H and O–H groups in total. The standard InChI is InChI=1S/C14H23N3O2/c1-4-11(12-6-5-7-19-12)16-13-8-10(2)15-14(17-13)9-18-3/h8,11-12H,4-7,9H2,1-3H3,(H,15,16,17). The first-order valence-electron chi connectivity index (χ1n) is 6.94. The average Bonchev–Trinajstić information content (AvgIpc) is 2.89. The minimum Gasteiger partial charge on any atom is -0.377 e. The molecule has 1 aliphatic rings. The van der Waals surface area contributed by atoms with Gasteiger partial charge in [-0.05, 0) is 26.2 Å². The molecule has 1 aromatic heterocycles. The van der Waals surface area contributed by atoms with Crippen LogP contribution in [-0.4, -0.2) is 35.8 Å². The monoisotopic (exact) mass is 265 g/mol. The van der Waals surface area contributed by atoms with E-state index in [1.165, 1.54) is 0 Å². The van der Waals surface area contributed by atoms with Gasteiger partial charge >= 0.3 is 0 Å². The van der Waals surface area contributed by atoms with Gasteiger partial charge in [0, 0.05) is 25.5 Å². The first kappa shape index (κ1) is 14.2. The predicted octanol–water partition coefficient (Wildman–Crippen LogP) is 2.30. The summed E-state index contributed by atoms with van der Waals surface area (Å²) in [6.45, 7) is 5.45. The van der Waals surface area contributed by atoms with Crippen LogP contribution in [0.3, 0.4) is 0 Å². The summed E-state index contributed by atoms with van der Waals surface area (Å²) in [6.07, 6.45) is 3.60. The topological polar surface area (TPSA) is 56.3 Å². The fourth-order valence-corrected chi connectivity index (χ4v) is 2.47. The van der Waals surface area contributed by atoms with Gasteiger partial charge in [-0.15, -0.1) is 0 Å². The molecule has 0 saturated carbocycles. The van der Waals surface area contributed by atoms with Crippen molar-refractivity contribution in [3.8, 4) is 0 Å². The Morgan fingerprint density at radius 3 is 3.00 bits per heavy atom. The van der Waals surface area contributed by atoms with Gasteiger partial charge in [-0.1, -0.05) is 6.92 Å². The molecule has 0 aromatic carbocycles. The van der Waals surface area contributed by atoms with Gasteiger partial charge in [-0.2, -0.15) is 0 Å². The fourth-order valence-electron chi connectivity index (χ4n) is 2.47. The molecule has 19 heavy (non-hydrogen) atoms. The highest BCUT2D eigenvalue weighted by atomic mass is 16.5. The van der Waals surface area contributed by atoms with Gasteiger partial charge in [0.05, 0.1) is 12.1 Å². The lowest BCUT2D eigenvalue weighted by atomic mass is 10.1. The normalized spacial score (nSPS) is 20.5. The smallest absolute Gasteiger partial charge is 0.156 e. The summed E-state index contributed by atoms with van der Waals surface area (Å²) < 4.78 is 10.8. The summed E-state index contributed by atoms with van der Waals surface area (Å²) in [7, 11) is 1.65. The first-order chi connectivity index (χ1) is 9.22. The molecule has 0 amide bonds. The zero-order valence-electron chi connectivity index (χ0n) is 12.0. The largest absolute Gasteiger partial charge is 0.377 e. The van der Waals surface area contributed by atoms with Gasteiger partial charge in [0.15, 0.2) is 5.82 Å². The first-order valence-corrected chi connectivity index (χ1v) is 6.94. The van der Waals surface area contributed by atoms with E-state index in [9.17, 15) is 0 Å².